The molecule has 0 aliphatic carbocycles. The van der Waals surface area contributed by atoms with Crippen molar-refractivity contribution < 1.29 is 5.11 Å². The van der Waals surface area contributed by atoms with Crippen LogP contribution in [0, 0.1) is 0 Å². The molecule has 11 heavy (non-hydrogen) atoms. The van der Waals surface area contributed by atoms with Gasteiger partial charge in [0.15, 0.2) is 0 Å². The highest BCUT2D eigenvalue weighted by Crippen LogP contribution is 2.15. The van der Waals surface area contributed by atoms with E-state index < -0.39 is 0 Å². The van der Waals surface area contributed by atoms with Crippen molar-refractivity contribution in [2.24, 2.45) is 0 Å². The molecule has 1 heterocycles. The Kier molecular flexibility index (Phi) is 3.34. The number of rotatable bonds is 2. The van der Waals surface area contributed by atoms with Gasteiger partial charge in [-0.25, -0.2) is 0 Å². The predicted octanol–water partition coefficient (Wildman–Crippen LogP) is 1.29. The quantitative estimate of drug-likeness (QED) is 0.633. The molecule has 2 N–H and O–H groups in total. The minimum Gasteiger partial charge on any atom is -0.393 e. The molecule has 1 rings (SSSR count). The molecule has 0 bridgehead atoms. The van der Waals surface area contributed by atoms with Crippen LogP contribution in [0.3, 0.4) is 0 Å². The molecule has 1 aliphatic rings. The van der Waals surface area contributed by atoms with Crippen LogP contribution in [-0.2, 0) is 0 Å². The first-order valence-electron chi connectivity index (χ1n) is 4.62. The zero-order valence-corrected chi connectivity index (χ0v) is 7.51. The molecule has 0 aromatic heterocycles. The molecule has 1 aliphatic heterocycles. The fraction of sp³-hybridized carbons (Fsp3) is 1.00. The zero-order valence-electron chi connectivity index (χ0n) is 7.51. The Bertz CT molecular complexity index is 112. The molecule has 0 unspecified atom stereocenters. The van der Waals surface area contributed by atoms with Crippen LogP contribution in [0.15, 0.2) is 0 Å². The summed E-state index contributed by atoms with van der Waals surface area (Å²) < 4.78 is 0. The van der Waals surface area contributed by atoms with E-state index in [-0.39, 0.29) is 6.10 Å². The third-order valence-electron chi connectivity index (χ3n) is 2.34. The van der Waals surface area contributed by atoms with Crippen LogP contribution >= 0.6 is 0 Å². The van der Waals surface area contributed by atoms with Crippen molar-refractivity contribution in [2.45, 2.75) is 57.7 Å². The maximum absolute atomic E-state index is 9.15. The van der Waals surface area contributed by atoms with Gasteiger partial charge in [0.2, 0.25) is 0 Å². The van der Waals surface area contributed by atoms with Crippen LogP contribution in [0.25, 0.3) is 0 Å². The second kappa shape index (κ2) is 4.07. The highest BCUT2D eigenvalue weighted by Gasteiger charge is 2.18. The van der Waals surface area contributed by atoms with Gasteiger partial charge in [-0.2, -0.15) is 0 Å². The minimum absolute atomic E-state index is 0.155. The van der Waals surface area contributed by atoms with Gasteiger partial charge in [-0.15, -0.1) is 0 Å². The highest BCUT2D eigenvalue weighted by atomic mass is 16.3. The SMILES string of the molecule is C[C@@H]1CCC[C@@H](C[C@@H](C)O)N1. The molecule has 1 saturated heterocycles. The fourth-order valence-corrected chi connectivity index (χ4v) is 1.84. The van der Waals surface area contributed by atoms with E-state index in [1.54, 1.807) is 0 Å². The predicted molar refractivity (Wildman–Crippen MR) is 46.5 cm³/mol. The monoisotopic (exact) mass is 157 g/mol. The van der Waals surface area contributed by atoms with Crippen LogP contribution in [0.5, 0.6) is 0 Å². The van der Waals surface area contributed by atoms with Crippen molar-refractivity contribution in [3.8, 4) is 0 Å². The lowest BCUT2D eigenvalue weighted by molar-refractivity contribution is 0.154. The Morgan fingerprint density at radius 1 is 1.55 bits per heavy atom. The molecule has 0 spiro atoms. The van der Waals surface area contributed by atoms with Crippen molar-refractivity contribution >= 4 is 0 Å². The van der Waals surface area contributed by atoms with Crippen LogP contribution < -0.4 is 5.32 Å². The maximum Gasteiger partial charge on any atom is 0.0526 e. The molecule has 0 aromatic rings. The minimum atomic E-state index is -0.155. The summed E-state index contributed by atoms with van der Waals surface area (Å²) in [5.41, 5.74) is 0. The summed E-state index contributed by atoms with van der Waals surface area (Å²) in [4.78, 5) is 0. The molecule has 0 amide bonds. The van der Waals surface area contributed by atoms with Gasteiger partial charge in [-0.3, -0.25) is 0 Å². The van der Waals surface area contributed by atoms with Crippen LogP contribution in [0.4, 0.5) is 0 Å². The summed E-state index contributed by atoms with van der Waals surface area (Å²) >= 11 is 0. The second-order valence-electron chi connectivity index (χ2n) is 3.78. The van der Waals surface area contributed by atoms with E-state index in [1.165, 1.54) is 19.3 Å². The average Bonchev–Trinajstić information content (AvgIpc) is 1.85. The van der Waals surface area contributed by atoms with Crippen molar-refractivity contribution in [3.63, 3.8) is 0 Å². The summed E-state index contributed by atoms with van der Waals surface area (Å²) in [5, 5.41) is 12.6. The molecule has 0 radical (unpaired) electrons. The average molecular weight is 157 g/mol. The van der Waals surface area contributed by atoms with Crippen molar-refractivity contribution in [1.82, 2.24) is 5.32 Å². The molecule has 1 fully saturated rings. The van der Waals surface area contributed by atoms with Crippen molar-refractivity contribution in [3.05, 3.63) is 0 Å². The Hall–Kier alpha value is -0.0800. The van der Waals surface area contributed by atoms with E-state index >= 15 is 0 Å². The van der Waals surface area contributed by atoms with E-state index in [0.717, 1.165) is 6.42 Å². The normalized spacial score (nSPS) is 35.2. The number of hydrogen-bond acceptors (Lipinski definition) is 2. The molecule has 3 atom stereocenters. The van der Waals surface area contributed by atoms with E-state index in [2.05, 4.69) is 12.2 Å². The van der Waals surface area contributed by atoms with Gasteiger partial charge in [0.25, 0.3) is 0 Å². The van der Waals surface area contributed by atoms with Gasteiger partial charge in [0, 0.05) is 12.1 Å². The topological polar surface area (TPSA) is 32.3 Å². The number of aliphatic hydroxyl groups is 1. The van der Waals surface area contributed by atoms with E-state index in [1.807, 2.05) is 6.92 Å². The van der Waals surface area contributed by atoms with Gasteiger partial charge < -0.3 is 10.4 Å². The van der Waals surface area contributed by atoms with Crippen LogP contribution in [-0.4, -0.2) is 23.3 Å². The Labute approximate surface area is 69.0 Å². The van der Waals surface area contributed by atoms with Crippen LogP contribution in [0.1, 0.15) is 39.5 Å². The largest absolute Gasteiger partial charge is 0.393 e. The molecule has 0 saturated carbocycles. The Morgan fingerprint density at radius 3 is 2.82 bits per heavy atom. The summed E-state index contributed by atoms with van der Waals surface area (Å²) in [6.07, 6.45) is 4.58. The van der Waals surface area contributed by atoms with Crippen molar-refractivity contribution in [1.29, 1.82) is 0 Å². The molecule has 2 heteroatoms. The lowest BCUT2D eigenvalue weighted by atomic mass is 9.96. The third-order valence-corrected chi connectivity index (χ3v) is 2.34. The van der Waals surface area contributed by atoms with Gasteiger partial charge in [-0.05, 0) is 33.1 Å². The van der Waals surface area contributed by atoms with Gasteiger partial charge in [0.05, 0.1) is 6.10 Å². The third kappa shape index (κ3) is 3.21. The summed E-state index contributed by atoms with van der Waals surface area (Å²) in [6, 6.07) is 1.20. The van der Waals surface area contributed by atoms with Gasteiger partial charge >= 0.3 is 0 Å². The Balaban J connectivity index is 2.23. The summed E-state index contributed by atoms with van der Waals surface area (Å²) in [6.45, 7) is 4.08. The van der Waals surface area contributed by atoms with Crippen LogP contribution in [0.2, 0.25) is 0 Å². The molecular formula is C9H19NO. The molecular weight excluding hydrogens is 138 g/mol. The van der Waals surface area contributed by atoms with E-state index in [4.69, 9.17) is 5.11 Å². The number of hydrogen-bond donors (Lipinski definition) is 2. The van der Waals surface area contributed by atoms with E-state index in [9.17, 15) is 0 Å². The first-order valence-corrected chi connectivity index (χ1v) is 4.62. The lowest BCUT2D eigenvalue weighted by Gasteiger charge is -2.29. The molecule has 66 valence electrons. The Morgan fingerprint density at radius 2 is 2.27 bits per heavy atom. The van der Waals surface area contributed by atoms with Crippen molar-refractivity contribution in [2.75, 3.05) is 0 Å². The number of piperidine rings is 1. The highest BCUT2D eigenvalue weighted by molar-refractivity contribution is 4.78. The maximum atomic E-state index is 9.15. The summed E-state index contributed by atoms with van der Waals surface area (Å²) in [5.74, 6) is 0. The number of aliphatic hydroxyl groups excluding tert-OH is 1. The second-order valence-corrected chi connectivity index (χ2v) is 3.78. The smallest absolute Gasteiger partial charge is 0.0526 e. The van der Waals surface area contributed by atoms with Gasteiger partial charge in [0.1, 0.15) is 0 Å². The fourth-order valence-electron chi connectivity index (χ4n) is 1.84. The lowest BCUT2D eigenvalue weighted by Crippen LogP contribution is -2.41. The zero-order chi connectivity index (χ0) is 8.27. The van der Waals surface area contributed by atoms with E-state index in [0.29, 0.717) is 12.1 Å². The molecule has 0 aromatic carbocycles. The first kappa shape index (κ1) is 9.01. The standard InChI is InChI=1S/C9H19NO/c1-7-4-3-5-9(10-7)6-8(2)11/h7-11H,3-6H2,1-2H3/t7-,8-,9+/m1/s1. The first-order chi connectivity index (χ1) is 5.18. The van der Waals surface area contributed by atoms with Gasteiger partial charge in [-0.1, -0.05) is 6.42 Å². The number of nitrogens with one attached hydrogen (secondary N) is 1. The molecule has 2 nitrogen and oxygen atoms in total. The summed E-state index contributed by atoms with van der Waals surface area (Å²) in [7, 11) is 0.